The van der Waals surface area contributed by atoms with Gasteiger partial charge >= 0.3 is 17.9 Å². The molecule has 5 aromatic rings. The van der Waals surface area contributed by atoms with Crippen LogP contribution in [-0.2, 0) is 41.6 Å². The maximum atomic E-state index is 12.9. The Morgan fingerprint density at radius 1 is 0.641 bits per heavy atom. The summed E-state index contributed by atoms with van der Waals surface area (Å²) in [7, 11) is 0. The van der Waals surface area contributed by atoms with Crippen LogP contribution in [0.2, 0.25) is 0 Å². The maximum Gasteiger partial charge on any atom is 0.376 e. The van der Waals surface area contributed by atoms with Crippen molar-refractivity contribution in [3.05, 3.63) is 90.5 Å². The van der Waals surface area contributed by atoms with Gasteiger partial charge < -0.3 is 29.4 Å². The van der Waals surface area contributed by atoms with E-state index in [2.05, 4.69) is 25.5 Å². The number of hydrogen-bond donors (Lipinski definition) is 2. The third-order valence-electron chi connectivity index (χ3n) is 8.72. The van der Waals surface area contributed by atoms with Crippen molar-refractivity contribution in [1.29, 1.82) is 0 Å². The molecule has 0 saturated carbocycles. The molecule has 18 heteroatoms. The van der Waals surface area contributed by atoms with E-state index < -0.39 is 27.0 Å². The van der Waals surface area contributed by atoms with Gasteiger partial charge in [-0.15, -0.1) is 23.5 Å². The highest BCUT2D eigenvalue weighted by Crippen LogP contribution is 2.36. The Labute approximate surface area is 383 Å². The number of carbonyl (C=O) groups excluding carboxylic acids is 3. The van der Waals surface area contributed by atoms with E-state index in [0.717, 1.165) is 20.9 Å². The summed E-state index contributed by atoms with van der Waals surface area (Å²) < 4.78 is 22.8. The molecule has 0 radical (unpaired) electrons. The Morgan fingerprint density at radius 2 is 1.11 bits per heavy atom. The molecule has 0 aliphatic carbocycles. The number of aromatic nitrogens is 6. The van der Waals surface area contributed by atoms with Crippen LogP contribution in [0.4, 0.5) is 5.69 Å². The molecule has 2 heterocycles. The highest BCUT2D eigenvalue weighted by molar-refractivity contribution is 8.01. The fourth-order valence-corrected chi connectivity index (χ4v) is 7.41. The van der Waals surface area contributed by atoms with Crippen LogP contribution in [0.3, 0.4) is 0 Å². The zero-order chi connectivity index (χ0) is 47.1. The molecule has 3 aromatic carbocycles. The highest BCUT2D eigenvalue weighted by atomic mass is 32.2. The molecule has 0 unspecified atom stereocenters. The van der Waals surface area contributed by atoms with Gasteiger partial charge in [0.15, 0.2) is 11.6 Å². The van der Waals surface area contributed by atoms with E-state index in [1.54, 1.807) is 37.6 Å². The predicted octanol–water partition coefficient (Wildman–Crippen LogP) is 8.56. The van der Waals surface area contributed by atoms with Gasteiger partial charge in [0.2, 0.25) is 11.6 Å². The second kappa shape index (κ2) is 23.4. The van der Waals surface area contributed by atoms with Crippen LogP contribution < -0.4 is 5.32 Å². The van der Waals surface area contributed by atoms with Crippen molar-refractivity contribution in [1.82, 2.24) is 29.5 Å². The first-order chi connectivity index (χ1) is 30.3. The number of nitrogens with zero attached hydrogens (tertiary/aromatic N) is 6. The molecule has 0 fully saturated rings. The summed E-state index contributed by atoms with van der Waals surface area (Å²) in [6.07, 6.45) is 0. The summed E-state index contributed by atoms with van der Waals surface area (Å²) in [4.78, 5) is 59.6. The van der Waals surface area contributed by atoms with Gasteiger partial charge in [0.1, 0.15) is 15.1 Å². The van der Waals surface area contributed by atoms with Crippen LogP contribution in [0, 0.1) is 0 Å². The van der Waals surface area contributed by atoms with Crippen molar-refractivity contribution in [2.45, 2.75) is 107 Å². The summed E-state index contributed by atoms with van der Waals surface area (Å²) in [5.41, 5.74) is 1.61. The fourth-order valence-electron chi connectivity index (χ4n) is 5.47. The third kappa shape index (κ3) is 15.3. The number of hydrogen-bond acceptors (Lipinski definition) is 14. The number of thioether (sulfide) groups is 2. The first-order valence-corrected chi connectivity index (χ1v) is 22.5. The smallest absolute Gasteiger partial charge is 0.376 e. The normalized spacial score (nSPS) is 11.7. The lowest BCUT2D eigenvalue weighted by Crippen LogP contribution is -2.36. The summed E-state index contributed by atoms with van der Waals surface area (Å²) in [6.45, 7) is 21.1. The molecule has 1 amide bonds. The number of carbonyl (C=O) groups is 4. The molecule has 64 heavy (non-hydrogen) atoms. The van der Waals surface area contributed by atoms with Crippen LogP contribution in [0.1, 0.15) is 90.5 Å². The molecule has 344 valence electrons. The minimum absolute atomic E-state index is 0.145. The Hall–Kier alpha value is -5.56. The molecule has 0 saturated heterocycles. The van der Waals surface area contributed by atoms with Gasteiger partial charge in [0, 0.05) is 39.8 Å². The number of amides is 1. The van der Waals surface area contributed by atoms with Gasteiger partial charge in [-0.1, -0.05) is 42.5 Å². The van der Waals surface area contributed by atoms with E-state index in [-0.39, 0.29) is 30.1 Å². The molecule has 0 atom stereocenters. The Kier molecular flexibility index (Phi) is 18.7. The zero-order valence-electron chi connectivity index (χ0n) is 38.2. The van der Waals surface area contributed by atoms with Crippen LogP contribution in [-0.4, -0.2) is 107 Å². The van der Waals surface area contributed by atoms with Crippen molar-refractivity contribution in [2.75, 3.05) is 38.4 Å². The standard InChI is InChI=1S/C23H26N4O4S.C23H33N3O5S/c1-4-31-15-14-27-20(21(28)24-17-8-6-5-7-9-17)25-19(26-27)16-10-12-18(13-11-16)32-23(2,3)22(29)30;1-8-29-15-14-26-19(20(27)30-9-2)24-18(25-26)16-10-12-17(13-11-16)32-23(6,7)21(28)31-22(3,4)5/h5-13H,4,14-15H2,1-3H3,(H,24,28)(H,29,30);10-13H,8-9,14-15H2,1-7H3. The van der Waals surface area contributed by atoms with Crippen LogP contribution >= 0.6 is 23.5 Å². The molecule has 0 bridgehead atoms. The van der Waals surface area contributed by atoms with Crippen molar-refractivity contribution in [3.63, 3.8) is 0 Å². The van der Waals surface area contributed by atoms with E-state index in [0.29, 0.717) is 56.9 Å². The first kappa shape index (κ1) is 51.1. The predicted molar refractivity (Wildman–Crippen MR) is 248 cm³/mol. The van der Waals surface area contributed by atoms with Crippen molar-refractivity contribution in [2.24, 2.45) is 0 Å². The van der Waals surface area contributed by atoms with Gasteiger partial charge in [0.05, 0.1) is 32.9 Å². The maximum absolute atomic E-state index is 12.9. The lowest BCUT2D eigenvalue weighted by atomic mass is 10.1. The van der Waals surface area contributed by atoms with Crippen molar-refractivity contribution >= 4 is 53.0 Å². The minimum Gasteiger partial charge on any atom is -0.480 e. The fraction of sp³-hybridized carbons (Fsp3) is 0.435. The third-order valence-corrected chi connectivity index (χ3v) is 11.1. The number of para-hydroxylation sites is 1. The van der Waals surface area contributed by atoms with Crippen LogP contribution in [0.15, 0.2) is 88.7 Å². The van der Waals surface area contributed by atoms with E-state index in [4.69, 9.17) is 18.9 Å². The largest absolute Gasteiger partial charge is 0.480 e. The SMILES string of the molecule is CCOCCn1nc(-c2ccc(SC(C)(C)C(=O)O)cc2)nc1C(=O)Nc1ccccc1.CCOCCn1nc(-c2ccc(SC(C)(C)C(=O)OC(C)(C)C)cc2)nc1C(=O)OCC. The summed E-state index contributed by atoms with van der Waals surface area (Å²) in [5, 5.41) is 21.1. The summed E-state index contributed by atoms with van der Waals surface area (Å²) in [5.74, 6) is -0.861. The van der Waals surface area contributed by atoms with Crippen molar-refractivity contribution in [3.8, 4) is 22.8 Å². The molecular weight excluding hydrogens is 859 g/mol. The van der Waals surface area contributed by atoms with E-state index in [1.165, 1.54) is 28.2 Å². The number of ether oxygens (including phenoxy) is 4. The first-order valence-electron chi connectivity index (χ1n) is 20.9. The molecule has 0 spiro atoms. The van der Waals surface area contributed by atoms with Gasteiger partial charge in [0.25, 0.3) is 5.91 Å². The molecule has 16 nitrogen and oxygen atoms in total. The molecule has 5 rings (SSSR count). The lowest BCUT2D eigenvalue weighted by Gasteiger charge is -2.28. The number of nitrogens with one attached hydrogen (secondary N) is 1. The molecule has 2 aromatic heterocycles. The van der Waals surface area contributed by atoms with Gasteiger partial charge in [-0.25, -0.2) is 24.1 Å². The van der Waals surface area contributed by atoms with Gasteiger partial charge in [-0.05, 0) is 106 Å². The number of aliphatic carboxylic acids is 1. The molecular formula is C46H59N7O9S2. The second-order valence-electron chi connectivity index (χ2n) is 16.0. The Balaban J connectivity index is 0.000000281. The molecule has 2 N–H and O–H groups in total. The van der Waals surface area contributed by atoms with E-state index >= 15 is 0 Å². The topological polar surface area (TPSA) is 199 Å². The molecule has 0 aliphatic heterocycles. The Morgan fingerprint density at radius 3 is 1.56 bits per heavy atom. The summed E-state index contributed by atoms with van der Waals surface area (Å²) in [6, 6.07) is 24.0. The van der Waals surface area contributed by atoms with Gasteiger partial charge in [-0.2, -0.15) is 10.2 Å². The minimum atomic E-state index is -0.941. The Bertz CT molecular complexity index is 2310. The average Bonchev–Trinajstić information content (AvgIpc) is 3.87. The second-order valence-corrected chi connectivity index (χ2v) is 19.4. The molecule has 0 aliphatic rings. The van der Waals surface area contributed by atoms with E-state index in [1.807, 2.05) is 115 Å². The number of carboxylic acids is 1. The van der Waals surface area contributed by atoms with Crippen molar-refractivity contribution < 1.29 is 43.2 Å². The number of rotatable bonds is 20. The van der Waals surface area contributed by atoms with Gasteiger partial charge in [-0.3, -0.25) is 14.4 Å². The average molecular weight is 918 g/mol. The van der Waals surface area contributed by atoms with E-state index in [9.17, 15) is 24.3 Å². The monoisotopic (exact) mass is 917 g/mol. The number of esters is 2. The van der Waals surface area contributed by atoms with Crippen LogP contribution in [0.25, 0.3) is 22.8 Å². The number of anilines is 1. The highest BCUT2D eigenvalue weighted by Gasteiger charge is 2.34. The lowest BCUT2D eigenvalue weighted by molar-refractivity contribution is -0.156. The summed E-state index contributed by atoms with van der Waals surface area (Å²) >= 11 is 2.68. The quantitative estimate of drug-likeness (QED) is 0.0427. The van der Waals surface area contributed by atoms with Crippen LogP contribution in [0.5, 0.6) is 0 Å². The number of carboxylic acid groups (broad SMARTS) is 1. The zero-order valence-corrected chi connectivity index (χ0v) is 39.8. The number of benzene rings is 3.